The summed E-state index contributed by atoms with van der Waals surface area (Å²) in [7, 11) is 0. The van der Waals surface area contributed by atoms with Crippen molar-refractivity contribution in [3.63, 3.8) is 0 Å². The molecule has 0 bridgehead atoms. The van der Waals surface area contributed by atoms with Crippen molar-refractivity contribution in [2.24, 2.45) is 0 Å². The Labute approximate surface area is 146 Å². The standard InChI is InChI=1S/C20H30N4/c1-13(2)18-11-19(23-12-22-18)16(6)8-7-15(5)17-9-10-21-20(24-17)14(3)4/h9-16H,7-8H2,1-6H3. The summed E-state index contributed by atoms with van der Waals surface area (Å²) in [5, 5.41) is 0. The van der Waals surface area contributed by atoms with E-state index in [1.807, 2.05) is 12.3 Å². The second kappa shape index (κ2) is 8.32. The summed E-state index contributed by atoms with van der Waals surface area (Å²) in [5.41, 5.74) is 3.41. The van der Waals surface area contributed by atoms with Crippen LogP contribution in [-0.2, 0) is 0 Å². The largest absolute Gasteiger partial charge is 0.241 e. The van der Waals surface area contributed by atoms with Gasteiger partial charge in [0.05, 0.1) is 0 Å². The maximum absolute atomic E-state index is 4.72. The second-order valence-electron chi connectivity index (χ2n) is 7.40. The molecule has 2 heterocycles. The van der Waals surface area contributed by atoms with Crippen LogP contribution in [0.2, 0.25) is 0 Å². The van der Waals surface area contributed by atoms with Crippen molar-refractivity contribution in [2.75, 3.05) is 0 Å². The van der Waals surface area contributed by atoms with Crippen molar-refractivity contribution in [3.05, 3.63) is 47.6 Å². The molecule has 2 unspecified atom stereocenters. The highest BCUT2D eigenvalue weighted by Crippen LogP contribution is 2.27. The van der Waals surface area contributed by atoms with Crippen LogP contribution in [0.3, 0.4) is 0 Å². The van der Waals surface area contributed by atoms with Crippen LogP contribution in [0, 0.1) is 0 Å². The molecule has 2 rings (SSSR count). The van der Waals surface area contributed by atoms with Crippen LogP contribution in [0.15, 0.2) is 24.7 Å². The highest BCUT2D eigenvalue weighted by atomic mass is 14.9. The molecule has 130 valence electrons. The van der Waals surface area contributed by atoms with Crippen LogP contribution >= 0.6 is 0 Å². The smallest absolute Gasteiger partial charge is 0.131 e. The van der Waals surface area contributed by atoms with Crippen molar-refractivity contribution in [2.45, 2.75) is 78.1 Å². The van der Waals surface area contributed by atoms with Crippen LogP contribution < -0.4 is 0 Å². The van der Waals surface area contributed by atoms with Crippen molar-refractivity contribution >= 4 is 0 Å². The van der Waals surface area contributed by atoms with Gasteiger partial charge in [-0.3, -0.25) is 0 Å². The fraction of sp³-hybridized carbons (Fsp3) is 0.600. The molecule has 0 amide bonds. The van der Waals surface area contributed by atoms with Gasteiger partial charge in [-0.05, 0) is 42.7 Å². The summed E-state index contributed by atoms with van der Waals surface area (Å²) in [4.78, 5) is 17.9. The van der Waals surface area contributed by atoms with Crippen LogP contribution in [0.1, 0.15) is 101 Å². The lowest BCUT2D eigenvalue weighted by atomic mass is 9.93. The van der Waals surface area contributed by atoms with E-state index in [0.717, 1.165) is 35.7 Å². The maximum atomic E-state index is 4.72. The van der Waals surface area contributed by atoms with Gasteiger partial charge in [-0.15, -0.1) is 0 Å². The first-order valence-corrected chi connectivity index (χ1v) is 9.03. The normalized spacial score (nSPS) is 14.2. The van der Waals surface area contributed by atoms with Crippen molar-refractivity contribution in [1.29, 1.82) is 0 Å². The zero-order valence-corrected chi connectivity index (χ0v) is 15.8. The third-order valence-electron chi connectivity index (χ3n) is 4.56. The molecular formula is C20H30N4. The Balaban J connectivity index is 1.99. The maximum Gasteiger partial charge on any atom is 0.131 e. The third kappa shape index (κ3) is 4.83. The highest BCUT2D eigenvalue weighted by Gasteiger charge is 2.14. The molecule has 0 saturated carbocycles. The SMILES string of the molecule is CC(C)c1cc(C(C)CCC(C)c2ccnc(C(C)C)n2)ncn1. The predicted octanol–water partition coefficient (Wildman–Crippen LogP) is 5.20. The van der Waals surface area contributed by atoms with Gasteiger partial charge < -0.3 is 0 Å². The fourth-order valence-electron chi connectivity index (χ4n) is 2.71. The molecule has 0 aliphatic carbocycles. The zero-order chi connectivity index (χ0) is 17.7. The molecule has 0 aliphatic heterocycles. The van der Waals surface area contributed by atoms with Gasteiger partial charge in [0.25, 0.3) is 0 Å². The summed E-state index contributed by atoms with van der Waals surface area (Å²) in [6.45, 7) is 13.1. The molecule has 2 atom stereocenters. The fourth-order valence-corrected chi connectivity index (χ4v) is 2.71. The van der Waals surface area contributed by atoms with E-state index < -0.39 is 0 Å². The van der Waals surface area contributed by atoms with Gasteiger partial charge in [-0.2, -0.15) is 0 Å². The molecule has 0 aliphatic rings. The molecule has 4 nitrogen and oxygen atoms in total. The van der Waals surface area contributed by atoms with Crippen molar-refractivity contribution in [1.82, 2.24) is 19.9 Å². The Morgan fingerprint density at radius 3 is 2.00 bits per heavy atom. The van der Waals surface area contributed by atoms with E-state index >= 15 is 0 Å². The molecule has 0 fully saturated rings. The minimum Gasteiger partial charge on any atom is -0.241 e. The van der Waals surface area contributed by atoms with Gasteiger partial charge in [0.15, 0.2) is 0 Å². The topological polar surface area (TPSA) is 51.6 Å². The Hall–Kier alpha value is -1.84. The Bertz CT molecular complexity index is 594. The van der Waals surface area contributed by atoms with Crippen LogP contribution in [0.5, 0.6) is 0 Å². The van der Waals surface area contributed by atoms with Gasteiger partial charge in [0.2, 0.25) is 0 Å². The van der Waals surface area contributed by atoms with Gasteiger partial charge in [-0.25, -0.2) is 19.9 Å². The lowest BCUT2D eigenvalue weighted by Crippen LogP contribution is -2.06. The van der Waals surface area contributed by atoms with E-state index in [1.54, 1.807) is 6.33 Å². The minimum absolute atomic E-state index is 0.367. The first kappa shape index (κ1) is 18.5. The first-order chi connectivity index (χ1) is 11.4. The molecule has 0 saturated heterocycles. The second-order valence-corrected chi connectivity index (χ2v) is 7.40. The monoisotopic (exact) mass is 326 g/mol. The molecule has 4 heteroatoms. The molecule has 2 aromatic heterocycles. The summed E-state index contributed by atoms with van der Waals surface area (Å²) in [5.74, 6) is 2.60. The molecule has 0 aromatic carbocycles. The minimum atomic E-state index is 0.367. The summed E-state index contributed by atoms with van der Waals surface area (Å²) >= 11 is 0. The van der Waals surface area contributed by atoms with Gasteiger partial charge in [0.1, 0.15) is 12.2 Å². The third-order valence-corrected chi connectivity index (χ3v) is 4.56. The van der Waals surface area contributed by atoms with Crippen molar-refractivity contribution in [3.8, 4) is 0 Å². The molecular weight excluding hydrogens is 296 g/mol. The van der Waals surface area contributed by atoms with Crippen molar-refractivity contribution < 1.29 is 0 Å². The van der Waals surface area contributed by atoms with Crippen LogP contribution in [-0.4, -0.2) is 19.9 Å². The average molecular weight is 326 g/mol. The van der Waals surface area contributed by atoms with Gasteiger partial charge in [-0.1, -0.05) is 41.5 Å². The van der Waals surface area contributed by atoms with E-state index in [0.29, 0.717) is 23.7 Å². The van der Waals surface area contributed by atoms with Gasteiger partial charge >= 0.3 is 0 Å². The first-order valence-electron chi connectivity index (χ1n) is 9.03. The number of hydrogen-bond donors (Lipinski definition) is 0. The molecule has 24 heavy (non-hydrogen) atoms. The Morgan fingerprint density at radius 2 is 1.38 bits per heavy atom. The summed E-state index contributed by atoms with van der Waals surface area (Å²) in [6, 6.07) is 4.20. The summed E-state index contributed by atoms with van der Waals surface area (Å²) < 4.78 is 0. The zero-order valence-electron chi connectivity index (χ0n) is 15.8. The van der Waals surface area contributed by atoms with Gasteiger partial charge in [0, 0.05) is 29.2 Å². The summed E-state index contributed by atoms with van der Waals surface area (Å²) in [6.07, 6.45) is 5.77. The molecule has 2 aromatic rings. The van der Waals surface area contributed by atoms with E-state index in [2.05, 4.69) is 62.6 Å². The van der Waals surface area contributed by atoms with E-state index in [-0.39, 0.29) is 0 Å². The highest BCUT2D eigenvalue weighted by molar-refractivity contribution is 5.15. The average Bonchev–Trinajstić information content (AvgIpc) is 2.59. The molecule has 0 N–H and O–H groups in total. The van der Waals surface area contributed by atoms with Crippen LogP contribution in [0.4, 0.5) is 0 Å². The lowest BCUT2D eigenvalue weighted by molar-refractivity contribution is 0.551. The Morgan fingerprint density at radius 1 is 0.750 bits per heavy atom. The van der Waals surface area contributed by atoms with Crippen LogP contribution in [0.25, 0.3) is 0 Å². The number of rotatable bonds is 7. The quantitative estimate of drug-likeness (QED) is 0.701. The number of nitrogens with zero attached hydrogens (tertiary/aromatic N) is 4. The van der Waals surface area contributed by atoms with E-state index in [1.165, 1.54) is 0 Å². The molecule has 0 radical (unpaired) electrons. The molecule has 0 spiro atoms. The predicted molar refractivity (Wildman–Crippen MR) is 98.3 cm³/mol. The number of aromatic nitrogens is 4. The Kier molecular flexibility index (Phi) is 6.41. The lowest BCUT2D eigenvalue weighted by Gasteiger charge is -2.16. The van der Waals surface area contributed by atoms with E-state index in [4.69, 9.17) is 4.98 Å². The van der Waals surface area contributed by atoms with E-state index in [9.17, 15) is 0 Å². The number of hydrogen-bond acceptors (Lipinski definition) is 4.